The highest BCUT2D eigenvalue weighted by Gasteiger charge is 2.01. The van der Waals surface area contributed by atoms with Gasteiger partial charge in [-0.15, -0.1) is 0 Å². The van der Waals surface area contributed by atoms with E-state index in [0.717, 1.165) is 19.5 Å². The number of nitrogens with one attached hydrogen (secondary N) is 1. The molecule has 0 saturated heterocycles. The molecule has 4 heteroatoms. The van der Waals surface area contributed by atoms with E-state index in [2.05, 4.69) is 38.9 Å². The van der Waals surface area contributed by atoms with E-state index >= 15 is 0 Å². The largest absolute Gasteiger partial charge is 0.336 e. The Balaban J connectivity index is 1.68. The molecule has 0 radical (unpaired) electrons. The van der Waals surface area contributed by atoms with Crippen LogP contribution in [0.25, 0.3) is 0 Å². The van der Waals surface area contributed by atoms with E-state index in [1.807, 2.05) is 31.1 Å². The summed E-state index contributed by atoms with van der Waals surface area (Å²) in [7, 11) is 0. The maximum atomic E-state index is 4.03. The highest BCUT2D eigenvalue weighted by molar-refractivity contribution is 5.09. The highest BCUT2D eigenvalue weighted by atomic mass is 15.1. The van der Waals surface area contributed by atoms with E-state index in [1.165, 1.54) is 5.56 Å². The fraction of sp³-hybridized carbons (Fsp3) is 0.385. The summed E-state index contributed by atoms with van der Waals surface area (Å²) in [5.74, 6) is 0. The maximum Gasteiger partial charge on any atom is 0.0946 e. The first-order chi connectivity index (χ1) is 8.34. The molecule has 2 aromatic rings. The topological polar surface area (TPSA) is 42.7 Å². The summed E-state index contributed by atoms with van der Waals surface area (Å²) in [5.41, 5.74) is 1.32. The molecular weight excluding hydrogens is 212 g/mol. The quantitative estimate of drug-likeness (QED) is 0.817. The van der Waals surface area contributed by atoms with Crippen LogP contribution in [-0.2, 0) is 13.0 Å². The van der Waals surface area contributed by atoms with Crippen molar-refractivity contribution in [3.8, 4) is 0 Å². The summed E-state index contributed by atoms with van der Waals surface area (Å²) in [5, 5.41) is 3.50. The summed E-state index contributed by atoms with van der Waals surface area (Å²) >= 11 is 0. The molecule has 90 valence electrons. The summed E-state index contributed by atoms with van der Waals surface area (Å²) in [6.07, 6.45) is 10.4. The molecular formula is C13H18N4. The van der Waals surface area contributed by atoms with Crippen molar-refractivity contribution >= 4 is 0 Å². The van der Waals surface area contributed by atoms with Crippen LogP contribution in [0, 0.1) is 0 Å². The molecule has 2 aromatic heterocycles. The van der Waals surface area contributed by atoms with Crippen LogP contribution in [0.5, 0.6) is 0 Å². The zero-order valence-electron chi connectivity index (χ0n) is 10.1. The zero-order chi connectivity index (χ0) is 11.9. The van der Waals surface area contributed by atoms with Gasteiger partial charge in [0.25, 0.3) is 0 Å². The molecule has 17 heavy (non-hydrogen) atoms. The SMILES string of the molecule is CC(Cn1ccnc1)NCCc1ccncc1. The first kappa shape index (κ1) is 11.8. The van der Waals surface area contributed by atoms with Gasteiger partial charge >= 0.3 is 0 Å². The lowest BCUT2D eigenvalue weighted by Gasteiger charge is -2.14. The Labute approximate surface area is 102 Å². The fourth-order valence-electron chi connectivity index (χ4n) is 1.79. The third kappa shape index (κ3) is 4.00. The van der Waals surface area contributed by atoms with E-state index in [0.29, 0.717) is 6.04 Å². The highest BCUT2D eigenvalue weighted by Crippen LogP contribution is 1.97. The Hall–Kier alpha value is -1.68. The molecule has 0 aliphatic heterocycles. The Morgan fingerprint density at radius 2 is 2.06 bits per heavy atom. The Morgan fingerprint density at radius 1 is 1.24 bits per heavy atom. The second kappa shape index (κ2) is 6.15. The van der Waals surface area contributed by atoms with Gasteiger partial charge in [-0.1, -0.05) is 0 Å². The molecule has 4 nitrogen and oxygen atoms in total. The molecule has 1 N–H and O–H groups in total. The number of nitrogens with zero attached hydrogens (tertiary/aromatic N) is 3. The molecule has 0 fully saturated rings. The Bertz CT molecular complexity index is 410. The number of rotatable bonds is 6. The lowest BCUT2D eigenvalue weighted by molar-refractivity contribution is 0.480. The van der Waals surface area contributed by atoms with Crippen LogP contribution >= 0.6 is 0 Å². The predicted octanol–water partition coefficient (Wildman–Crippen LogP) is 1.50. The summed E-state index contributed by atoms with van der Waals surface area (Å²) in [4.78, 5) is 8.04. The second-order valence-electron chi connectivity index (χ2n) is 4.22. The van der Waals surface area contributed by atoms with Gasteiger partial charge in [0, 0.05) is 37.4 Å². The van der Waals surface area contributed by atoms with Gasteiger partial charge in [0.05, 0.1) is 6.33 Å². The second-order valence-corrected chi connectivity index (χ2v) is 4.22. The number of imidazole rings is 1. The Kier molecular flexibility index (Phi) is 4.27. The summed E-state index contributed by atoms with van der Waals surface area (Å²) in [6.45, 7) is 4.13. The van der Waals surface area contributed by atoms with Crippen LogP contribution in [0.4, 0.5) is 0 Å². The molecule has 0 amide bonds. The Morgan fingerprint density at radius 3 is 2.76 bits per heavy atom. The molecule has 0 bridgehead atoms. The third-order valence-electron chi connectivity index (χ3n) is 2.70. The van der Waals surface area contributed by atoms with Gasteiger partial charge in [0.1, 0.15) is 0 Å². The van der Waals surface area contributed by atoms with Crippen molar-refractivity contribution in [2.24, 2.45) is 0 Å². The van der Waals surface area contributed by atoms with Crippen LogP contribution in [0.3, 0.4) is 0 Å². The number of hydrogen-bond acceptors (Lipinski definition) is 3. The molecule has 0 saturated carbocycles. The third-order valence-corrected chi connectivity index (χ3v) is 2.70. The minimum Gasteiger partial charge on any atom is -0.336 e. The average Bonchev–Trinajstić information content (AvgIpc) is 2.83. The molecule has 0 spiro atoms. The van der Waals surface area contributed by atoms with Crippen molar-refractivity contribution in [2.45, 2.75) is 25.9 Å². The van der Waals surface area contributed by atoms with E-state index < -0.39 is 0 Å². The van der Waals surface area contributed by atoms with E-state index in [4.69, 9.17) is 0 Å². The molecule has 2 heterocycles. The van der Waals surface area contributed by atoms with E-state index in [9.17, 15) is 0 Å². The van der Waals surface area contributed by atoms with Crippen LogP contribution in [0.15, 0.2) is 43.2 Å². The van der Waals surface area contributed by atoms with Gasteiger partial charge in [0.15, 0.2) is 0 Å². The number of hydrogen-bond donors (Lipinski definition) is 1. The normalized spacial score (nSPS) is 12.5. The van der Waals surface area contributed by atoms with Crippen molar-refractivity contribution < 1.29 is 0 Å². The lowest BCUT2D eigenvalue weighted by Crippen LogP contribution is -2.31. The summed E-state index contributed by atoms with van der Waals surface area (Å²) < 4.78 is 2.09. The van der Waals surface area contributed by atoms with Gasteiger partial charge in [0.2, 0.25) is 0 Å². The van der Waals surface area contributed by atoms with E-state index in [-0.39, 0.29) is 0 Å². The van der Waals surface area contributed by atoms with Crippen molar-refractivity contribution in [3.05, 3.63) is 48.8 Å². The minimum atomic E-state index is 0.450. The predicted molar refractivity (Wildman–Crippen MR) is 67.6 cm³/mol. The molecule has 0 aliphatic carbocycles. The first-order valence-corrected chi connectivity index (χ1v) is 5.92. The van der Waals surface area contributed by atoms with Crippen LogP contribution in [-0.4, -0.2) is 27.1 Å². The molecule has 0 aliphatic rings. The van der Waals surface area contributed by atoms with Gasteiger partial charge in [-0.25, -0.2) is 4.98 Å². The molecule has 1 atom stereocenters. The molecule has 1 unspecified atom stereocenters. The van der Waals surface area contributed by atoms with E-state index in [1.54, 1.807) is 0 Å². The maximum absolute atomic E-state index is 4.03. The molecule has 0 aromatic carbocycles. The standard InChI is InChI=1S/C13H18N4/c1-12(10-17-9-8-15-11-17)16-7-4-13-2-5-14-6-3-13/h2-3,5-6,8-9,11-12,16H,4,7,10H2,1H3. The first-order valence-electron chi connectivity index (χ1n) is 5.92. The van der Waals surface area contributed by atoms with Crippen LogP contribution in [0.1, 0.15) is 12.5 Å². The van der Waals surface area contributed by atoms with Crippen molar-refractivity contribution in [2.75, 3.05) is 6.54 Å². The average molecular weight is 230 g/mol. The van der Waals surface area contributed by atoms with Crippen molar-refractivity contribution in [1.82, 2.24) is 19.9 Å². The smallest absolute Gasteiger partial charge is 0.0946 e. The monoisotopic (exact) mass is 230 g/mol. The summed E-state index contributed by atoms with van der Waals surface area (Å²) in [6, 6.07) is 4.57. The molecule has 2 rings (SSSR count). The number of aromatic nitrogens is 3. The van der Waals surface area contributed by atoms with Crippen LogP contribution in [0.2, 0.25) is 0 Å². The number of pyridine rings is 1. The fourth-order valence-corrected chi connectivity index (χ4v) is 1.79. The van der Waals surface area contributed by atoms with Crippen molar-refractivity contribution in [3.63, 3.8) is 0 Å². The minimum absolute atomic E-state index is 0.450. The van der Waals surface area contributed by atoms with Crippen LogP contribution < -0.4 is 5.32 Å². The lowest BCUT2D eigenvalue weighted by atomic mass is 10.2. The van der Waals surface area contributed by atoms with Crippen molar-refractivity contribution in [1.29, 1.82) is 0 Å². The van der Waals surface area contributed by atoms with Gasteiger partial charge in [-0.3, -0.25) is 4.98 Å². The van der Waals surface area contributed by atoms with Gasteiger partial charge < -0.3 is 9.88 Å². The zero-order valence-corrected chi connectivity index (χ0v) is 10.1. The van der Waals surface area contributed by atoms with Gasteiger partial charge in [-0.05, 0) is 37.6 Å². The van der Waals surface area contributed by atoms with Gasteiger partial charge in [-0.2, -0.15) is 0 Å².